The SMILES string of the molecule is Cc1ccc(C(=O)N[C@H]2C[C@H]3CC[C@H]2C3)c(C2CCN(CC3CCCCC3)CC2)n1. The van der Waals surface area contributed by atoms with Gasteiger partial charge in [-0.3, -0.25) is 9.78 Å². The zero-order valence-corrected chi connectivity index (χ0v) is 18.7. The molecule has 164 valence electrons. The first-order chi connectivity index (χ1) is 14.7. The van der Waals surface area contributed by atoms with Crippen LogP contribution in [-0.4, -0.2) is 41.5 Å². The quantitative estimate of drug-likeness (QED) is 0.739. The van der Waals surface area contributed by atoms with Gasteiger partial charge in [-0.1, -0.05) is 25.7 Å². The zero-order valence-electron chi connectivity index (χ0n) is 18.7. The number of carbonyl (C=O) groups is 1. The summed E-state index contributed by atoms with van der Waals surface area (Å²) in [6.45, 7) is 5.65. The molecule has 0 unspecified atom stereocenters. The van der Waals surface area contributed by atoms with Crippen LogP contribution in [0.5, 0.6) is 0 Å². The highest BCUT2D eigenvalue weighted by molar-refractivity contribution is 5.95. The number of aromatic nitrogens is 1. The Morgan fingerprint density at radius 3 is 2.53 bits per heavy atom. The predicted molar refractivity (Wildman–Crippen MR) is 121 cm³/mol. The van der Waals surface area contributed by atoms with E-state index in [0.29, 0.717) is 17.9 Å². The van der Waals surface area contributed by atoms with Crippen molar-refractivity contribution < 1.29 is 4.79 Å². The minimum absolute atomic E-state index is 0.125. The summed E-state index contributed by atoms with van der Waals surface area (Å²) in [4.78, 5) is 20.8. The van der Waals surface area contributed by atoms with E-state index in [1.165, 1.54) is 64.3 Å². The molecule has 0 spiro atoms. The van der Waals surface area contributed by atoms with Crippen LogP contribution in [0.4, 0.5) is 0 Å². The van der Waals surface area contributed by atoms with Crippen molar-refractivity contribution in [2.75, 3.05) is 19.6 Å². The monoisotopic (exact) mass is 409 g/mol. The molecule has 1 aliphatic heterocycles. The molecule has 1 N–H and O–H groups in total. The maximum atomic E-state index is 13.2. The van der Waals surface area contributed by atoms with Gasteiger partial charge in [-0.15, -0.1) is 0 Å². The fourth-order valence-electron chi connectivity index (χ4n) is 6.87. The summed E-state index contributed by atoms with van der Waals surface area (Å²) >= 11 is 0. The second kappa shape index (κ2) is 8.98. The fourth-order valence-corrected chi connectivity index (χ4v) is 6.87. The number of fused-ring (bicyclic) bond motifs is 2. The molecule has 3 aliphatic carbocycles. The number of hydrogen-bond donors (Lipinski definition) is 1. The Balaban J connectivity index is 1.22. The van der Waals surface area contributed by atoms with Crippen LogP contribution in [0.3, 0.4) is 0 Å². The number of aryl methyl sites for hydroxylation is 1. The van der Waals surface area contributed by atoms with Crippen LogP contribution in [0.25, 0.3) is 0 Å². The van der Waals surface area contributed by atoms with E-state index in [9.17, 15) is 4.79 Å². The van der Waals surface area contributed by atoms with Crippen molar-refractivity contribution in [2.45, 2.75) is 89.5 Å². The Hall–Kier alpha value is -1.42. The number of nitrogens with zero attached hydrogens (tertiary/aromatic N) is 2. The molecule has 3 saturated carbocycles. The molecule has 2 heterocycles. The second-order valence-electron chi connectivity index (χ2n) is 10.7. The molecule has 1 amide bonds. The lowest BCUT2D eigenvalue weighted by Crippen LogP contribution is -2.40. The van der Waals surface area contributed by atoms with Crippen molar-refractivity contribution in [3.8, 4) is 0 Å². The zero-order chi connectivity index (χ0) is 20.5. The van der Waals surface area contributed by atoms with Gasteiger partial charge in [-0.05, 0) is 94.8 Å². The molecule has 2 bridgehead atoms. The summed E-state index contributed by atoms with van der Waals surface area (Å²) in [7, 11) is 0. The minimum Gasteiger partial charge on any atom is -0.349 e. The van der Waals surface area contributed by atoms with E-state index in [2.05, 4.69) is 17.1 Å². The van der Waals surface area contributed by atoms with Gasteiger partial charge in [0.25, 0.3) is 5.91 Å². The predicted octanol–water partition coefficient (Wildman–Crippen LogP) is 5.07. The van der Waals surface area contributed by atoms with Crippen molar-refractivity contribution in [1.29, 1.82) is 0 Å². The molecule has 1 aromatic heterocycles. The van der Waals surface area contributed by atoms with E-state index in [4.69, 9.17) is 4.98 Å². The molecule has 3 atom stereocenters. The number of hydrogen-bond acceptors (Lipinski definition) is 3. The van der Waals surface area contributed by atoms with Gasteiger partial charge in [0.2, 0.25) is 0 Å². The smallest absolute Gasteiger partial charge is 0.253 e. The van der Waals surface area contributed by atoms with Gasteiger partial charge in [0.1, 0.15) is 0 Å². The van der Waals surface area contributed by atoms with Gasteiger partial charge < -0.3 is 10.2 Å². The third-order valence-corrected chi connectivity index (χ3v) is 8.58. The fraction of sp³-hybridized carbons (Fsp3) is 0.769. The van der Waals surface area contributed by atoms with Gasteiger partial charge >= 0.3 is 0 Å². The van der Waals surface area contributed by atoms with E-state index in [1.54, 1.807) is 0 Å². The molecule has 1 aromatic rings. The van der Waals surface area contributed by atoms with Crippen molar-refractivity contribution in [2.24, 2.45) is 17.8 Å². The van der Waals surface area contributed by atoms with Crippen molar-refractivity contribution in [3.63, 3.8) is 0 Å². The number of pyridine rings is 1. The highest BCUT2D eigenvalue weighted by atomic mass is 16.1. The summed E-state index contributed by atoms with van der Waals surface area (Å²) in [5, 5.41) is 3.40. The third-order valence-electron chi connectivity index (χ3n) is 8.58. The van der Waals surface area contributed by atoms with Gasteiger partial charge in [-0.2, -0.15) is 0 Å². The van der Waals surface area contributed by atoms with Crippen molar-refractivity contribution in [1.82, 2.24) is 15.2 Å². The highest BCUT2D eigenvalue weighted by Crippen LogP contribution is 2.44. The molecule has 0 radical (unpaired) electrons. The molecule has 0 aromatic carbocycles. The van der Waals surface area contributed by atoms with Gasteiger partial charge in [0.15, 0.2) is 0 Å². The summed E-state index contributed by atoms with van der Waals surface area (Å²) in [6.07, 6.45) is 14.6. The van der Waals surface area contributed by atoms with Crippen LogP contribution in [0, 0.1) is 24.7 Å². The normalized spacial score (nSPS) is 30.6. The van der Waals surface area contributed by atoms with Crippen LogP contribution < -0.4 is 5.32 Å². The lowest BCUT2D eigenvalue weighted by Gasteiger charge is -2.35. The summed E-state index contributed by atoms with van der Waals surface area (Å²) in [5.74, 6) is 3.02. The number of likely N-dealkylation sites (tertiary alicyclic amines) is 1. The first-order valence-corrected chi connectivity index (χ1v) is 12.7. The summed E-state index contributed by atoms with van der Waals surface area (Å²) in [6, 6.07) is 4.44. The number of piperidine rings is 1. The highest BCUT2D eigenvalue weighted by Gasteiger charge is 2.40. The Kier molecular flexibility index (Phi) is 6.13. The van der Waals surface area contributed by atoms with Crippen molar-refractivity contribution in [3.05, 3.63) is 29.1 Å². The second-order valence-corrected chi connectivity index (χ2v) is 10.7. The van der Waals surface area contributed by atoms with Crippen LogP contribution in [0.1, 0.15) is 98.3 Å². The molecular weight excluding hydrogens is 370 g/mol. The standard InChI is InChI=1S/C26H39N3O/c1-18-7-10-23(26(30)28-24-16-20-8-9-22(24)15-20)25(27-18)21-11-13-29(14-12-21)17-19-5-3-2-4-6-19/h7,10,19-22,24H,2-6,8-9,11-17H2,1H3,(H,28,30)/t20-,22-,24-/m0/s1. The van der Waals surface area contributed by atoms with Gasteiger partial charge in [0.05, 0.1) is 11.3 Å². The minimum atomic E-state index is 0.125. The first kappa shape index (κ1) is 20.5. The van der Waals surface area contributed by atoms with E-state index < -0.39 is 0 Å². The van der Waals surface area contributed by atoms with Crippen LogP contribution in [0.2, 0.25) is 0 Å². The number of amides is 1. The van der Waals surface area contributed by atoms with Crippen LogP contribution in [-0.2, 0) is 0 Å². The first-order valence-electron chi connectivity index (χ1n) is 12.7. The molecule has 4 fully saturated rings. The molecule has 5 rings (SSSR count). The topological polar surface area (TPSA) is 45.2 Å². The molecule has 30 heavy (non-hydrogen) atoms. The van der Waals surface area contributed by atoms with Crippen LogP contribution in [0.15, 0.2) is 12.1 Å². The Morgan fingerprint density at radius 1 is 1.03 bits per heavy atom. The summed E-state index contributed by atoms with van der Waals surface area (Å²) in [5.41, 5.74) is 2.94. The lowest BCUT2D eigenvalue weighted by atomic mass is 9.86. The number of nitrogens with one attached hydrogen (secondary N) is 1. The van der Waals surface area contributed by atoms with E-state index >= 15 is 0 Å². The Bertz CT molecular complexity index is 749. The molecule has 4 heteroatoms. The lowest BCUT2D eigenvalue weighted by molar-refractivity contribution is 0.0919. The summed E-state index contributed by atoms with van der Waals surface area (Å²) < 4.78 is 0. The van der Waals surface area contributed by atoms with E-state index in [0.717, 1.165) is 54.7 Å². The third kappa shape index (κ3) is 4.44. The van der Waals surface area contributed by atoms with Gasteiger partial charge in [-0.25, -0.2) is 0 Å². The van der Waals surface area contributed by atoms with Crippen molar-refractivity contribution >= 4 is 5.91 Å². The molecular formula is C26H39N3O. The van der Waals surface area contributed by atoms with Gasteiger partial charge in [0, 0.05) is 24.2 Å². The number of rotatable bonds is 5. The Morgan fingerprint density at radius 2 is 1.83 bits per heavy atom. The average Bonchev–Trinajstić information content (AvgIpc) is 3.38. The maximum absolute atomic E-state index is 13.2. The Labute approximate surface area is 182 Å². The molecule has 4 nitrogen and oxygen atoms in total. The van der Waals surface area contributed by atoms with Crippen LogP contribution >= 0.6 is 0 Å². The average molecular weight is 410 g/mol. The maximum Gasteiger partial charge on any atom is 0.253 e. The largest absolute Gasteiger partial charge is 0.349 e. The van der Waals surface area contributed by atoms with E-state index in [-0.39, 0.29) is 5.91 Å². The number of carbonyl (C=O) groups excluding carboxylic acids is 1. The van der Waals surface area contributed by atoms with E-state index in [1.807, 2.05) is 12.1 Å². The molecule has 4 aliphatic rings. The molecule has 1 saturated heterocycles.